The first kappa shape index (κ1) is 11.6. The number of carboxylic acid groups (broad SMARTS) is 1. The Hall–Kier alpha value is -1.51. The summed E-state index contributed by atoms with van der Waals surface area (Å²) >= 11 is 0. The lowest BCUT2D eigenvalue weighted by Crippen LogP contribution is -2.50. The summed E-state index contributed by atoms with van der Waals surface area (Å²) in [7, 11) is 0. The number of rotatable bonds is 3. The van der Waals surface area contributed by atoms with Crippen molar-refractivity contribution in [1.82, 2.24) is 0 Å². The number of fused-ring (bicyclic) bond motifs is 2. The summed E-state index contributed by atoms with van der Waals surface area (Å²) in [5.74, 6) is 0.208. The molecule has 3 nitrogen and oxygen atoms in total. The summed E-state index contributed by atoms with van der Waals surface area (Å²) in [5, 5.41) is 13.0. The fourth-order valence-electron chi connectivity index (χ4n) is 3.75. The molecule has 3 atom stereocenters. The number of para-hydroxylation sites is 1. The van der Waals surface area contributed by atoms with Crippen LogP contribution in [0.15, 0.2) is 24.3 Å². The third kappa shape index (κ3) is 1.61. The molecule has 2 saturated carbocycles. The number of carbonyl (C=O) groups is 1. The van der Waals surface area contributed by atoms with Crippen molar-refractivity contribution in [3.63, 3.8) is 0 Å². The van der Waals surface area contributed by atoms with Crippen LogP contribution in [0.2, 0.25) is 0 Å². The molecule has 0 saturated heterocycles. The van der Waals surface area contributed by atoms with Gasteiger partial charge >= 0.3 is 5.97 Å². The number of carboxylic acids is 1. The molecule has 2 fully saturated rings. The Kier molecular flexibility index (Phi) is 2.58. The van der Waals surface area contributed by atoms with E-state index in [1.165, 1.54) is 6.42 Å². The molecular weight excluding hydrogens is 226 g/mol. The maximum atomic E-state index is 11.8. The third-order valence-electron chi connectivity index (χ3n) is 4.73. The largest absolute Gasteiger partial charge is 0.479 e. The molecule has 2 aliphatic carbocycles. The number of aryl methyl sites for hydroxylation is 1. The third-order valence-corrected chi connectivity index (χ3v) is 4.73. The van der Waals surface area contributed by atoms with Gasteiger partial charge in [0.1, 0.15) is 5.54 Å². The molecule has 2 bridgehead atoms. The van der Waals surface area contributed by atoms with Gasteiger partial charge in [0.05, 0.1) is 0 Å². The van der Waals surface area contributed by atoms with E-state index in [-0.39, 0.29) is 0 Å². The number of anilines is 1. The summed E-state index contributed by atoms with van der Waals surface area (Å²) < 4.78 is 0. The lowest BCUT2D eigenvalue weighted by atomic mass is 9.80. The topological polar surface area (TPSA) is 49.3 Å². The monoisotopic (exact) mass is 245 g/mol. The number of aliphatic carboxylic acids is 1. The predicted octanol–water partition coefficient (Wildman–Crippen LogP) is 3.05. The standard InChI is InChI=1S/C15H19NO2/c1-10-4-2-3-5-13(10)16-15(14(17)18)9-11-6-7-12(15)8-11/h2-5,11-12,16H,6-9H2,1H3,(H,17,18). The van der Waals surface area contributed by atoms with E-state index in [0.29, 0.717) is 11.8 Å². The molecule has 1 aromatic rings. The van der Waals surface area contributed by atoms with E-state index < -0.39 is 11.5 Å². The van der Waals surface area contributed by atoms with Crippen molar-refractivity contribution in [2.75, 3.05) is 5.32 Å². The van der Waals surface area contributed by atoms with E-state index in [2.05, 4.69) is 5.32 Å². The Morgan fingerprint density at radius 2 is 2.17 bits per heavy atom. The zero-order valence-corrected chi connectivity index (χ0v) is 10.6. The zero-order chi connectivity index (χ0) is 12.8. The fourth-order valence-corrected chi connectivity index (χ4v) is 3.75. The highest BCUT2D eigenvalue weighted by molar-refractivity contribution is 5.84. The molecule has 0 amide bonds. The van der Waals surface area contributed by atoms with Gasteiger partial charge in [0.2, 0.25) is 0 Å². The number of hydrogen-bond acceptors (Lipinski definition) is 2. The normalized spacial score (nSPS) is 33.6. The van der Waals surface area contributed by atoms with Crippen LogP contribution in [0.4, 0.5) is 5.69 Å². The summed E-state index contributed by atoms with van der Waals surface area (Å²) in [6.45, 7) is 2.02. The van der Waals surface area contributed by atoms with Gasteiger partial charge in [-0.2, -0.15) is 0 Å². The van der Waals surface area contributed by atoms with Gasteiger partial charge in [0, 0.05) is 5.69 Å². The predicted molar refractivity (Wildman–Crippen MR) is 70.6 cm³/mol. The van der Waals surface area contributed by atoms with E-state index in [4.69, 9.17) is 0 Å². The highest BCUT2D eigenvalue weighted by atomic mass is 16.4. The van der Waals surface area contributed by atoms with E-state index in [0.717, 1.165) is 30.5 Å². The second kappa shape index (κ2) is 4.01. The van der Waals surface area contributed by atoms with Gasteiger partial charge in [-0.25, -0.2) is 4.79 Å². The van der Waals surface area contributed by atoms with Crippen LogP contribution in [-0.4, -0.2) is 16.6 Å². The Bertz CT molecular complexity index is 485. The van der Waals surface area contributed by atoms with Crippen LogP contribution in [0.1, 0.15) is 31.2 Å². The first-order valence-corrected chi connectivity index (χ1v) is 6.69. The number of hydrogen-bond donors (Lipinski definition) is 2. The fraction of sp³-hybridized carbons (Fsp3) is 0.533. The molecule has 0 spiro atoms. The second-order valence-electron chi connectivity index (χ2n) is 5.80. The van der Waals surface area contributed by atoms with Crippen molar-refractivity contribution < 1.29 is 9.90 Å². The highest BCUT2D eigenvalue weighted by Crippen LogP contribution is 2.52. The van der Waals surface area contributed by atoms with Gasteiger partial charge in [-0.1, -0.05) is 18.2 Å². The molecule has 0 aromatic heterocycles. The maximum absolute atomic E-state index is 11.8. The molecule has 2 aliphatic rings. The molecule has 3 rings (SSSR count). The van der Waals surface area contributed by atoms with Gasteiger partial charge in [0.15, 0.2) is 0 Å². The Labute approximate surface area is 107 Å². The smallest absolute Gasteiger partial charge is 0.329 e. The summed E-state index contributed by atoms with van der Waals surface area (Å²) in [6, 6.07) is 7.93. The van der Waals surface area contributed by atoms with Crippen LogP contribution in [-0.2, 0) is 4.79 Å². The number of benzene rings is 1. The lowest BCUT2D eigenvalue weighted by Gasteiger charge is -2.35. The van der Waals surface area contributed by atoms with Gasteiger partial charge in [-0.3, -0.25) is 0 Å². The SMILES string of the molecule is Cc1ccccc1NC1(C(=O)O)CC2CCC1C2. The van der Waals surface area contributed by atoms with E-state index in [1.807, 2.05) is 31.2 Å². The minimum atomic E-state index is -0.727. The van der Waals surface area contributed by atoms with Gasteiger partial charge in [-0.05, 0) is 56.1 Å². The molecule has 0 radical (unpaired) electrons. The molecule has 18 heavy (non-hydrogen) atoms. The Balaban J connectivity index is 1.93. The van der Waals surface area contributed by atoms with Crippen LogP contribution < -0.4 is 5.32 Å². The van der Waals surface area contributed by atoms with Gasteiger partial charge in [0.25, 0.3) is 0 Å². The van der Waals surface area contributed by atoms with Crippen molar-refractivity contribution in [2.24, 2.45) is 11.8 Å². The van der Waals surface area contributed by atoms with Crippen molar-refractivity contribution in [2.45, 2.75) is 38.1 Å². The quantitative estimate of drug-likeness (QED) is 0.860. The summed E-state index contributed by atoms with van der Waals surface area (Å²) in [4.78, 5) is 11.8. The summed E-state index contributed by atoms with van der Waals surface area (Å²) in [6.07, 6.45) is 4.11. The van der Waals surface area contributed by atoms with E-state index >= 15 is 0 Å². The first-order chi connectivity index (χ1) is 8.62. The second-order valence-corrected chi connectivity index (χ2v) is 5.80. The molecule has 0 aliphatic heterocycles. The Morgan fingerprint density at radius 1 is 1.39 bits per heavy atom. The molecule has 96 valence electrons. The van der Waals surface area contributed by atoms with Crippen molar-refractivity contribution in [3.8, 4) is 0 Å². The van der Waals surface area contributed by atoms with Gasteiger partial charge in [-0.15, -0.1) is 0 Å². The van der Waals surface area contributed by atoms with Crippen LogP contribution in [0.25, 0.3) is 0 Å². The Morgan fingerprint density at radius 3 is 2.72 bits per heavy atom. The van der Waals surface area contributed by atoms with Crippen molar-refractivity contribution in [3.05, 3.63) is 29.8 Å². The molecule has 2 N–H and O–H groups in total. The van der Waals surface area contributed by atoms with Crippen LogP contribution in [0.5, 0.6) is 0 Å². The maximum Gasteiger partial charge on any atom is 0.329 e. The van der Waals surface area contributed by atoms with E-state index in [9.17, 15) is 9.90 Å². The molecule has 1 aromatic carbocycles. The molecule has 3 heteroatoms. The number of nitrogens with one attached hydrogen (secondary N) is 1. The van der Waals surface area contributed by atoms with Crippen molar-refractivity contribution >= 4 is 11.7 Å². The first-order valence-electron chi connectivity index (χ1n) is 6.69. The minimum Gasteiger partial charge on any atom is -0.479 e. The van der Waals surface area contributed by atoms with Crippen LogP contribution in [0.3, 0.4) is 0 Å². The molecule has 0 heterocycles. The zero-order valence-electron chi connectivity index (χ0n) is 10.6. The highest BCUT2D eigenvalue weighted by Gasteiger charge is 2.56. The van der Waals surface area contributed by atoms with E-state index in [1.54, 1.807) is 0 Å². The molecular formula is C15H19NO2. The van der Waals surface area contributed by atoms with Gasteiger partial charge < -0.3 is 10.4 Å². The van der Waals surface area contributed by atoms with Crippen LogP contribution in [0, 0.1) is 18.8 Å². The van der Waals surface area contributed by atoms with Crippen molar-refractivity contribution in [1.29, 1.82) is 0 Å². The average Bonchev–Trinajstić information content (AvgIpc) is 2.93. The molecule has 3 unspecified atom stereocenters. The summed E-state index contributed by atoms with van der Waals surface area (Å²) in [5.41, 5.74) is 1.35. The lowest BCUT2D eigenvalue weighted by molar-refractivity contribution is -0.144. The average molecular weight is 245 g/mol. The van der Waals surface area contributed by atoms with Crippen LogP contribution >= 0.6 is 0 Å². The minimum absolute atomic E-state index is 0.291.